The highest BCUT2D eigenvalue weighted by Crippen LogP contribution is 2.26. The Balaban J connectivity index is 2.98. The van der Waals surface area contributed by atoms with Gasteiger partial charge in [0.2, 0.25) is 11.8 Å². The number of aromatic amines is 2. The van der Waals surface area contributed by atoms with Crippen LogP contribution in [-0.4, -0.2) is 30.6 Å². The largest absolute Gasteiger partial charge is 0.493 e. The number of aromatic hydroxyl groups is 2. The molecule has 6 nitrogen and oxygen atoms in total. The molecule has 0 bridgehead atoms. The van der Waals surface area contributed by atoms with Crippen molar-refractivity contribution in [3.05, 3.63) is 0 Å². The number of nitrogens with zero attached hydrogens (tertiary/aromatic N) is 2. The quantitative estimate of drug-likeness (QED) is 0.403. The molecule has 10 heavy (non-hydrogen) atoms. The van der Waals surface area contributed by atoms with Crippen molar-refractivity contribution in [2.45, 2.75) is 0 Å². The van der Waals surface area contributed by atoms with Crippen molar-refractivity contribution >= 4 is 11.0 Å². The molecular formula is C4H4N4O2. The van der Waals surface area contributed by atoms with Crippen LogP contribution in [0.2, 0.25) is 0 Å². The minimum absolute atomic E-state index is 0.155. The molecule has 0 saturated heterocycles. The summed E-state index contributed by atoms with van der Waals surface area (Å²) in [5.41, 5.74) is 0.565. The van der Waals surface area contributed by atoms with Crippen molar-refractivity contribution in [3.63, 3.8) is 0 Å². The zero-order valence-electron chi connectivity index (χ0n) is 4.79. The fourth-order valence-electron chi connectivity index (χ4n) is 0.793. The first kappa shape index (κ1) is 5.10. The minimum atomic E-state index is -0.179. The van der Waals surface area contributed by atoms with Crippen molar-refractivity contribution in [2.24, 2.45) is 0 Å². The van der Waals surface area contributed by atoms with Crippen LogP contribution >= 0.6 is 0 Å². The van der Waals surface area contributed by atoms with Crippen LogP contribution in [0.3, 0.4) is 0 Å². The summed E-state index contributed by atoms with van der Waals surface area (Å²) in [4.78, 5) is 2.27. The Kier molecular flexibility index (Phi) is 0.717. The van der Waals surface area contributed by atoms with Crippen LogP contribution in [0, 0.1) is 0 Å². The van der Waals surface area contributed by atoms with E-state index in [4.69, 9.17) is 10.2 Å². The van der Waals surface area contributed by atoms with Crippen molar-refractivity contribution in [1.29, 1.82) is 0 Å². The van der Waals surface area contributed by atoms with Gasteiger partial charge in [0.15, 0.2) is 11.0 Å². The van der Waals surface area contributed by atoms with E-state index in [1.54, 1.807) is 0 Å². The number of rotatable bonds is 0. The molecule has 0 saturated carbocycles. The highest BCUT2D eigenvalue weighted by molar-refractivity contribution is 5.84. The molecule has 4 N–H and O–H groups in total. The third-order valence-electron chi connectivity index (χ3n) is 1.25. The highest BCUT2D eigenvalue weighted by atomic mass is 16.3. The van der Waals surface area contributed by atoms with E-state index >= 15 is 0 Å². The lowest BCUT2D eigenvalue weighted by molar-refractivity contribution is 0.427. The average Bonchev–Trinajstić information content (AvgIpc) is 2.39. The molecule has 0 radical (unpaired) electrons. The lowest BCUT2D eigenvalue weighted by Crippen LogP contribution is -1.70. The second kappa shape index (κ2) is 1.41. The Morgan fingerprint density at radius 3 is 2.70 bits per heavy atom. The van der Waals surface area contributed by atoms with E-state index in [2.05, 4.69) is 20.4 Å². The molecule has 0 fully saturated rings. The second-order valence-corrected chi connectivity index (χ2v) is 1.86. The van der Waals surface area contributed by atoms with Crippen LogP contribution in [-0.2, 0) is 0 Å². The molecule has 0 unspecified atom stereocenters. The maximum atomic E-state index is 8.95. The molecule has 0 aliphatic rings. The molecule has 0 aromatic carbocycles. The molecule has 2 rings (SSSR count). The smallest absolute Gasteiger partial charge is 0.222 e. The molecule has 0 amide bonds. The summed E-state index contributed by atoms with van der Waals surface area (Å²) in [6.07, 6.45) is 0. The van der Waals surface area contributed by atoms with Crippen LogP contribution in [0.15, 0.2) is 0 Å². The van der Waals surface area contributed by atoms with Crippen molar-refractivity contribution in [1.82, 2.24) is 20.4 Å². The van der Waals surface area contributed by atoms with E-state index in [-0.39, 0.29) is 17.3 Å². The third kappa shape index (κ3) is 0.426. The van der Waals surface area contributed by atoms with Crippen LogP contribution < -0.4 is 0 Å². The molecule has 2 aromatic heterocycles. The first-order chi connectivity index (χ1) is 4.79. The van der Waals surface area contributed by atoms with E-state index in [1.165, 1.54) is 0 Å². The molecule has 0 spiro atoms. The predicted octanol–water partition coefficient (Wildman–Crippen LogP) is -0.303. The molecule has 0 atom stereocenters. The molecule has 2 aromatic rings. The number of hydrogen-bond donors (Lipinski definition) is 4. The van der Waals surface area contributed by atoms with Crippen LogP contribution in [0.5, 0.6) is 11.8 Å². The van der Waals surface area contributed by atoms with Gasteiger partial charge < -0.3 is 10.2 Å². The summed E-state index contributed by atoms with van der Waals surface area (Å²) < 4.78 is 0. The maximum Gasteiger partial charge on any atom is 0.222 e. The number of hydrogen-bond acceptors (Lipinski definition) is 4. The van der Waals surface area contributed by atoms with Gasteiger partial charge in [0, 0.05) is 0 Å². The van der Waals surface area contributed by atoms with Gasteiger partial charge in [-0.2, -0.15) is 0 Å². The Morgan fingerprint density at radius 2 is 2.00 bits per heavy atom. The van der Waals surface area contributed by atoms with Gasteiger partial charge in [-0.1, -0.05) is 5.21 Å². The van der Waals surface area contributed by atoms with E-state index in [0.29, 0.717) is 5.52 Å². The van der Waals surface area contributed by atoms with E-state index < -0.39 is 0 Å². The topological polar surface area (TPSA) is 97.8 Å². The van der Waals surface area contributed by atoms with Gasteiger partial charge in [-0.05, 0) is 0 Å². The normalized spacial score (nSPS) is 10.8. The van der Waals surface area contributed by atoms with E-state index in [0.717, 1.165) is 0 Å². The van der Waals surface area contributed by atoms with Gasteiger partial charge in [-0.25, -0.2) is 0 Å². The average molecular weight is 140 g/mol. The summed E-state index contributed by atoms with van der Waals surface area (Å²) in [5.74, 6) is -0.334. The molecule has 0 aliphatic heterocycles. The molecule has 52 valence electrons. The van der Waals surface area contributed by atoms with Gasteiger partial charge in [0.1, 0.15) is 0 Å². The predicted molar refractivity (Wildman–Crippen MR) is 31.6 cm³/mol. The monoisotopic (exact) mass is 140 g/mol. The first-order valence-electron chi connectivity index (χ1n) is 2.59. The standard InChI is InChI=1S/C4H4N4O2/c9-3-1-2(4(10)5-3)7-8-6-1/h5,9-10H,(H,6,7). The molecule has 6 heteroatoms. The zero-order chi connectivity index (χ0) is 7.14. The molecule has 0 aliphatic carbocycles. The Labute approximate surface area is 54.5 Å². The lowest BCUT2D eigenvalue weighted by Gasteiger charge is -1.79. The van der Waals surface area contributed by atoms with Gasteiger partial charge in [0.25, 0.3) is 0 Å². The summed E-state index contributed by atoms with van der Waals surface area (Å²) >= 11 is 0. The highest BCUT2D eigenvalue weighted by Gasteiger charge is 2.10. The number of fused-ring (bicyclic) bond motifs is 1. The fraction of sp³-hybridized carbons (Fsp3) is 0. The Hall–Kier alpha value is -1.72. The SMILES string of the molecule is Oc1[nH]c(O)c2[nH]nnc12. The fourth-order valence-corrected chi connectivity index (χ4v) is 0.793. The van der Waals surface area contributed by atoms with E-state index in [9.17, 15) is 0 Å². The number of H-pyrrole nitrogens is 2. The van der Waals surface area contributed by atoms with Gasteiger partial charge in [-0.3, -0.25) is 10.1 Å². The Bertz CT molecular complexity index is 331. The van der Waals surface area contributed by atoms with Crippen LogP contribution in [0.1, 0.15) is 0 Å². The van der Waals surface area contributed by atoms with Crippen LogP contribution in [0.25, 0.3) is 11.0 Å². The van der Waals surface area contributed by atoms with E-state index in [1.807, 2.05) is 0 Å². The zero-order valence-corrected chi connectivity index (χ0v) is 4.79. The van der Waals surface area contributed by atoms with Gasteiger partial charge >= 0.3 is 0 Å². The van der Waals surface area contributed by atoms with Gasteiger partial charge in [0.05, 0.1) is 0 Å². The molecule has 2 heterocycles. The summed E-state index contributed by atoms with van der Waals surface area (Å²) in [6, 6.07) is 0. The minimum Gasteiger partial charge on any atom is -0.493 e. The number of nitrogens with one attached hydrogen (secondary N) is 2. The first-order valence-corrected chi connectivity index (χ1v) is 2.59. The lowest BCUT2D eigenvalue weighted by atomic mass is 10.5. The van der Waals surface area contributed by atoms with Crippen molar-refractivity contribution in [2.75, 3.05) is 0 Å². The number of aromatic nitrogens is 4. The Morgan fingerprint density at radius 1 is 1.20 bits per heavy atom. The second-order valence-electron chi connectivity index (χ2n) is 1.86. The maximum absolute atomic E-state index is 8.95. The third-order valence-corrected chi connectivity index (χ3v) is 1.25. The van der Waals surface area contributed by atoms with Crippen LogP contribution in [0.4, 0.5) is 0 Å². The summed E-state index contributed by atoms with van der Waals surface area (Å²) in [5, 5.41) is 27.2. The summed E-state index contributed by atoms with van der Waals surface area (Å²) in [6.45, 7) is 0. The van der Waals surface area contributed by atoms with Gasteiger partial charge in [-0.15, -0.1) is 5.10 Å². The van der Waals surface area contributed by atoms with Crippen molar-refractivity contribution in [3.8, 4) is 11.8 Å². The van der Waals surface area contributed by atoms with Crippen molar-refractivity contribution < 1.29 is 10.2 Å². The molecular weight excluding hydrogens is 136 g/mol. The summed E-state index contributed by atoms with van der Waals surface area (Å²) in [7, 11) is 0.